The highest BCUT2D eigenvalue weighted by Crippen LogP contribution is 2.40. The third-order valence-electron chi connectivity index (χ3n) is 4.33. The molecule has 0 spiro atoms. The molecule has 4 rings (SSSR count). The molecule has 0 fully saturated rings. The fourth-order valence-corrected chi connectivity index (χ4v) is 5.58. The minimum absolute atomic E-state index is 0.0326. The molecule has 0 amide bonds. The number of aliphatic hydroxyl groups excluding tert-OH is 1. The van der Waals surface area contributed by atoms with Gasteiger partial charge in [-0.3, -0.25) is 0 Å². The van der Waals surface area contributed by atoms with Gasteiger partial charge in [0.05, 0.1) is 10.9 Å². The number of hydrogen-bond donors (Lipinski definition) is 1. The summed E-state index contributed by atoms with van der Waals surface area (Å²) in [4.78, 5) is 4.24. The van der Waals surface area contributed by atoms with E-state index in [-0.39, 0.29) is 17.5 Å². The molecule has 23 heavy (non-hydrogen) atoms. The van der Waals surface area contributed by atoms with Crippen molar-refractivity contribution in [2.45, 2.75) is 27.5 Å². The Morgan fingerprint density at radius 1 is 0.739 bits per heavy atom. The van der Waals surface area contributed by atoms with E-state index >= 15 is 0 Å². The lowest BCUT2D eigenvalue weighted by molar-refractivity contribution is 0.299. The van der Waals surface area contributed by atoms with Crippen LogP contribution in [0.25, 0.3) is 0 Å². The molecule has 0 saturated heterocycles. The van der Waals surface area contributed by atoms with Crippen molar-refractivity contribution in [2.24, 2.45) is 0 Å². The van der Waals surface area contributed by atoms with E-state index in [2.05, 4.69) is 72.8 Å². The average molecular weight is 319 g/mol. The first-order valence-corrected chi connectivity index (χ1v) is 9.19. The van der Waals surface area contributed by atoms with Crippen LogP contribution in [-0.2, 0) is 23.7 Å². The molecule has 3 aromatic carbocycles. The van der Waals surface area contributed by atoms with Crippen LogP contribution in [0.3, 0.4) is 0 Å². The largest absolute Gasteiger partial charge is 0.396 e. The second-order valence-electron chi connectivity index (χ2n) is 5.82. The number of fused-ring (bicyclic) bond motifs is 2. The SMILES string of the molecule is OCCc1ccc([S+]2c3ccccc3Cc3ccccc32)cc1. The Hall–Kier alpha value is -2.03. The summed E-state index contributed by atoms with van der Waals surface area (Å²) >= 11 is 0. The van der Waals surface area contributed by atoms with Gasteiger partial charge in [0.1, 0.15) is 0 Å². The van der Waals surface area contributed by atoms with Gasteiger partial charge in [0.25, 0.3) is 0 Å². The molecule has 0 radical (unpaired) electrons. The van der Waals surface area contributed by atoms with Gasteiger partial charge in [-0.1, -0.05) is 48.5 Å². The van der Waals surface area contributed by atoms with Crippen LogP contribution in [0.5, 0.6) is 0 Å². The molecule has 0 unspecified atom stereocenters. The van der Waals surface area contributed by atoms with E-state index in [9.17, 15) is 0 Å². The fraction of sp³-hybridized carbons (Fsp3) is 0.143. The second kappa shape index (κ2) is 6.23. The van der Waals surface area contributed by atoms with Gasteiger partial charge in [0, 0.05) is 24.2 Å². The van der Waals surface area contributed by atoms with Gasteiger partial charge in [-0.2, -0.15) is 0 Å². The lowest BCUT2D eigenvalue weighted by Crippen LogP contribution is -2.15. The molecule has 1 aliphatic heterocycles. The van der Waals surface area contributed by atoms with Crippen molar-refractivity contribution in [2.75, 3.05) is 6.61 Å². The predicted molar refractivity (Wildman–Crippen MR) is 95.1 cm³/mol. The lowest BCUT2D eigenvalue weighted by Gasteiger charge is -2.19. The van der Waals surface area contributed by atoms with Crippen molar-refractivity contribution in [3.8, 4) is 0 Å². The van der Waals surface area contributed by atoms with Crippen LogP contribution in [0.2, 0.25) is 0 Å². The standard InChI is InChI=1S/C21H19OS/c22-14-13-16-9-11-19(12-10-16)23-20-7-3-1-5-17(20)15-18-6-2-4-8-21(18)23/h1-12,22H,13-15H2/q+1. The summed E-state index contributed by atoms with van der Waals surface area (Å²) in [5, 5.41) is 9.10. The van der Waals surface area contributed by atoms with Crippen LogP contribution in [0.4, 0.5) is 0 Å². The van der Waals surface area contributed by atoms with Gasteiger partial charge < -0.3 is 5.11 Å². The van der Waals surface area contributed by atoms with Crippen LogP contribution in [-0.4, -0.2) is 11.7 Å². The monoisotopic (exact) mass is 319 g/mol. The average Bonchev–Trinajstić information content (AvgIpc) is 2.61. The van der Waals surface area contributed by atoms with Crippen LogP contribution >= 0.6 is 0 Å². The molecule has 1 heterocycles. The minimum atomic E-state index is -0.0326. The van der Waals surface area contributed by atoms with Crippen molar-refractivity contribution >= 4 is 10.9 Å². The maximum atomic E-state index is 9.10. The Balaban J connectivity index is 1.84. The topological polar surface area (TPSA) is 20.2 Å². The first kappa shape index (κ1) is 14.6. The Labute approximate surface area is 140 Å². The summed E-state index contributed by atoms with van der Waals surface area (Å²) in [5.41, 5.74) is 4.07. The van der Waals surface area contributed by atoms with Crippen molar-refractivity contribution in [3.63, 3.8) is 0 Å². The summed E-state index contributed by atoms with van der Waals surface area (Å²) in [6, 6.07) is 26.4. The molecule has 1 nitrogen and oxygen atoms in total. The first-order chi connectivity index (χ1) is 11.4. The Kier molecular flexibility index (Phi) is 3.94. The van der Waals surface area contributed by atoms with E-state index in [4.69, 9.17) is 5.11 Å². The Bertz CT molecular complexity index is 778. The van der Waals surface area contributed by atoms with Crippen molar-refractivity contribution < 1.29 is 5.11 Å². The molecular formula is C21H19OS+. The van der Waals surface area contributed by atoms with E-state index in [1.165, 1.54) is 31.4 Å². The van der Waals surface area contributed by atoms with E-state index in [1.54, 1.807) is 0 Å². The lowest BCUT2D eigenvalue weighted by atomic mass is 10.0. The Morgan fingerprint density at radius 3 is 1.87 bits per heavy atom. The summed E-state index contributed by atoms with van der Waals surface area (Å²) in [6.07, 6.45) is 1.75. The molecule has 1 aliphatic rings. The molecule has 3 aromatic rings. The highest BCUT2D eigenvalue weighted by Gasteiger charge is 2.36. The number of benzene rings is 3. The zero-order chi connectivity index (χ0) is 15.6. The zero-order valence-corrected chi connectivity index (χ0v) is 13.7. The third-order valence-corrected chi connectivity index (χ3v) is 6.75. The van der Waals surface area contributed by atoms with Gasteiger partial charge >= 0.3 is 0 Å². The number of hydrogen-bond acceptors (Lipinski definition) is 1. The molecule has 0 saturated carbocycles. The van der Waals surface area contributed by atoms with Crippen molar-refractivity contribution in [1.82, 2.24) is 0 Å². The summed E-state index contributed by atoms with van der Waals surface area (Å²) in [5.74, 6) is 0. The van der Waals surface area contributed by atoms with Gasteiger partial charge in [-0.15, -0.1) is 0 Å². The zero-order valence-electron chi connectivity index (χ0n) is 12.9. The van der Waals surface area contributed by atoms with Gasteiger partial charge in [0.15, 0.2) is 14.7 Å². The highest BCUT2D eigenvalue weighted by atomic mass is 32.2. The van der Waals surface area contributed by atoms with Crippen LogP contribution in [0.1, 0.15) is 16.7 Å². The van der Waals surface area contributed by atoms with E-state index in [1.807, 2.05) is 0 Å². The fourth-order valence-electron chi connectivity index (χ4n) is 3.20. The molecule has 0 atom stereocenters. The smallest absolute Gasteiger partial charge is 0.170 e. The molecule has 0 aromatic heterocycles. The number of aliphatic hydroxyl groups is 1. The first-order valence-electron chi connectivity index (χ1n) is 7.97. The molecular weight excluding hydrogens is 300 g/mol. The normalized spacial score (nSPS) is 13.4. The molecule has 114 valence electrons. The quantitative estimate of drug-likeness (QED) is 0.561. The summed E-state index contributed by atoms with van der Waals surface area (Å²) in [6.45, 7) is 0.205. The maximum Gasteiger partial charge on any atom is 0.170 e. The van der Waals surface area contributed by atoms with E-state index in [0.717, 1.165) is 12.8 Å². The summed E-state index contributed by atoms with van der Waals surface area (Å²) < 4.78 is 0. The van der Waals surface area contributed by atoms with Crippen molar-refractivity contribution in [1.29, 1.82) is 0 Å². The minimum Gasteiger partial charge on any atom is -0.396 e. The maximum absolute atomic E-state index is 9.10. The third kappa shape index (κ3) is 2.69. The van der Waals surface area contributed by atoms with Crippen LogP contribution in [0, 0.1) is 0 Å². The van der Waals surface area contributed by atoms with Gasteiger partial charge in [-0.25, -0.2) is 0 Å². The van der Waals surface area contributed by atoms with E-state index in [0.29, 0.717) is 0 Å². The molecule has 1 N–H and O–H groups in total. The molecule has 2 heteroatoms. The van der Waals surface area contributed by atoms with Crippen molar-refractivity contribution in [3.05, 3.63) is 89.5 Å². The highest BCUT2D eigenvalue weighted by molar-refractivity contribution is 7.97. The Morgan fingerprint density at radius 2 is 1.30 bits per heavy atom. The van der Waals surface area contributed by atoms with Gasteiger partial charge in [0.2, 0.25) is 0 Å². The number of rotatable bonds is 3. The van der Waals surface area contributed by atoms with Gasteiger partial charge in [-0.05, 0) is 36.2 Å². The van der Waals surface area contributed by atoms with Crippen LogP contribution < -0.4 is 0 Å². The van der Waals surface area contributed by atoms with E-state index < -0.39 is 0 Å². The predicted octanol–water partition coefficient (Wildman–Crippen LogP) is 4.22. The molecule has 0 aliphatic carbocycles. The molecule has 0 bridgehead atoms. The van der Waals surface area contributed by atoms with Crippen LogP contribution in [0.15, 0.2) is 87.5 Å². The summed E-state index contributed by atoms with van der Waals surface area (Å²) in [7, 11) is -0.0326. The second-order valence-corrected chi connectivity index (χ2v) is 7.78.